The molecule has 3 aromatic rings. The molecule has 1 unspecified atom stereocenters. The molecule has 7 rings (SSSR count). The molecule has 0 radical (unpaired) electrons. The lowest BCUT2D eigenvalue weighted by Crippen LogP contribution is -2.52. The van der Waals surface area contributed by atoms with E-state index < -0.39 is 18.1 Å². The van der Waals surface area contributed by atoms with Gasteiger partial charge in [-0.1, -0.05) is 48.6 Å². The summed E-state index contributed by atoms with van der Waals surface area (Å²) < 4.78 is 0. The molecule has 2 aromatic carbocycles. The minimum absolute atomic E-state index is 0.0760. The van der Waals surface area contributed by atoms with Crippen molar-refractivity contribution in [3.8, 4) is 11.8 Å². The van der Waals surface area contributed by atoms with Crippen LogP contribution in [0.3, 0.4) is 0 Å². The number of unbranched alkanes of at least 4 members (excludes halogenated alkanes) is 2. The number of rotatable bonds is 10. The van der Waals surface area contributed by atoms with E-state index in [-0.39, 0.29) is 36.0 Å². The van der Waals surface area contributed by atoms with Crippen molar-refractivity contribution in [2.24, 2.45) is 0 Å². The Kier molecular flexibility index (Phi) is 11.1. The Labute approximate surface area is 314 Å². The van der Waals surface area contributed by atoms with Crippen molar-refractivity contribution in [2.75, 3.05) is 44.2 Å². The van der Waals surface area contributed by atoms with Crippen LogP contribution in [0.5, 0.6) is 0 Å². The van der Waals surface area contributed by atoms with Gasteiger partial charge in [0.25, 0.3) is 5.91 Å². The van der Waals surface area contributed by atoms with Crippen LogP contribution in [0.15, 0.2) is 48.8 Å². The summed E-state index contributed by atoms with van der Waals surface area (Å²) in [7, 11) is 0. The Morgan fingerprint density at radius 1 is 1.08 bits per heavy atom. The molecule has 53 heavy (non-hydrogen) atoms. The van der Waals surface area contributed by atoms with Gasteiger partial charge in [0.15, 0.2) is 0 Å². The molecule has 12 nitrogen and oxygen atoms in total. The molecule has 3 N–H and O–H groups in total. The van der Waals surface area contributed by atoms with Crippen LogP contribution in [0.2, 0.25) is 5.02 Å². The Morgan fingerprint density at radius 3 is 2.64 bits per heavy atom. The SMILES string of the molecule is C[C@@H]1C[C@@H](O)c2ncnc(N3CCN(C(=O)[C@H](CNCCCCC#Cc4cccc5c4CN(C4CCC(=O)NC4=O)C5=O)c4ccc(Cl)cc4)CC3)c21. The van der Waals surface area contributed by atoms with Crippen LogP contribution in [0, 0.1) is 11.8 Å². The number of hydrogen-bond acceptors (Lipinski definition) is 9. The molecule has 3 aliphatic heterocycles. The van der Waals surface area contributed by atoms with Gasteiger partial charge in [0.2, 0.25) is 17.7 Å². The number of nitrogens with one attached hydrogen (secondary N) is 2. The summed E-state index contributed by atoms with van der Waals surface area (Å²) in [6.45, 7) is 6.07. The predicted molar refractivity (Wildman–Crippen MR) is 199 cm³/mol. The molecule has 4 aliphatic rings. The molecular formula is C40H44ClN7O5. The quantitative estimate of drug-likeness (QED) is 0.161. The number of piperidine rings is 1. The van der Waals surface area contributed by atoms with Crippen LogP contribution in [0.4, 0.5) is 5.82 Å². The highest BCUT2D eigenvalue weighted by atomic mass is 35.5. The van der Waals surface area contributed by atoms with Crippen LogP contribution >= 0.6 is 11.6 Å². The van der Waals surface area contributed by atoms with Crippen LogP contribution in [0.25, 0.3) is 0 Å². The molecule has 2 fully saturated rings. The second-order valence-corrected chi connectivity index (χ2v) is 14.7. The number of aromatic nitrogens is 2. The van der Waals surface area contributed by atoms with E-state index >= 15 is 0 Å². The minimum Gasteiger partial charge on any atom is -0.387 e. The van der Waals surface area contributed by atoms with E-state index in [0.717, 1.165) is 53.2 Å². The lowest BCUT2D eigenvalue weighted by molar-refractivity contribution is -0.137. The summed E-state index contributed by atoms with van der Waals surface area (Å²) in [6.07, 6.45) is 4.56. The minimum atomic E-state index is -0.656. The van der Waals surface area contributed by atoms with Crippen molar-refractivity contribution >= 4 is 41.0 Å². The second kappa shape index (κ2) is 16.0. The molecule has 0 spiro atoms. The third kappa shape index (κ3) is 7.79. The maximum absolute atomic E-state index is 14.0. The van der Waals surface area contributed by atoms with Gasteiger partial charge in [-0.15, -0.1) is 0 Å². The topological polar surface area (TPSA) is 148 Å². The predicted octanol–water partition coefficient (Wildman–Crippen LogP) is 3.68. The summed E-state index contributed by atoms with van der Waals surface area (Å²) >= 11 is 6.19. The van der Waals surface area contributed by atoms with E-state index in [0.29, 0.717) is 69.1 Å². The van der Waals surface area contributed by atoms with Gasteiger partial charge in [-0.2, -0.15) is 0 Å². The maximum Gasteiger partial charge on any atom is 0.255 e. The zero-order valence-electron chi connectivity index (χ0n) is 29.8. The Bertz CT molecular complexity index is 1950. The molecule has 4 heterocycles. The molecule has 2 saturated heterocycles. The molecule has 4 atom stereocenters. The number of aliphatic hydroxyl groups excluding tert-OH is 1. The first-order valence-electron chi connectivity index (χ1n) is 18.5. The van der Waals surface area contributed by atoms with Crippen molar-refractivity contribution in [3.05, 3.63) is 87.3 Å². The molecule has 1 aliphatic carbocycles. The van der Waals surface area contributed by atoms with Crippen LogP contribution in [-0.4, -0.2) is 93.8 Å². The third-order valence-corrected chi connectivity index (χ3v) is 11.1. The molecule has 13 heteroatoms. The van der Waals surface area contributed by atoms with E-state index in [4.69, 9.17) is 11.6 Å². The number of carbonyl (C=O) groups is 4. The van der Waals surface area contributed by atoms with Crippen molar-refractivity contribution in [1.29, 1.82) is 0 Å². The van der Waals surface area contributed by atoms with Gasteiger partial charge in [0.05, 0.1) is 17.7 Å². The van der Waals surface area contributed by atoms with E-state index in [2.05, 4.69) is 44.3 Å². The molecule has 0 saturated carbocycles. The maximum atomic E-state index is 14.0. The van der Waals surface area contributed by atoms with Gasteiger partial charge >= 0.3 is 0 Å². The van der Waals surface area contributed by atoms with Gasteiger partial charge in [0.1, 0.15) is 18.2 Å². The van der Waals surface area contributed by atoms with E-state index in [1.807, 2.05) is 41.3 Å². The number of imide groups is 1. The van der Waals surface area contributed by atoms with Crippen LogP contribution in [0.1, 0.15) is 102 Å². The normalized spacial score (nSPS) is 21.5. The smallest absolute Gasteiger partial charge is 0.255 e. The zero-order valence-corrected chi connectivity index (χ0v) is 30.6. The fourth-order valence-corrected chi connectivity index (χ4v) is 8.05. The summed E-state index contributed by atoms with van der Waals surface area (Å²) in [4.78, 5) is 65.8. The first-order chi connectivity index (χ1) is 25.7. The number of benzene rings is 2. The van der Waals surface area contributed by atoms with Crippen molar-refractivity contribution < 1.29 is 24.3 Å². The van der Waals surface area contributed by atoms with Crippen LogP contribution < -0.4 is 15.5 Å². The number of piperazine rings is 1. The lowest BCUT2D eigenvalue weighted by Gasteiger charge is -2.38. The van der Waals surface area contributed by atoms with Crippen LogP contribution in [-0.2, 0) is 20.9 Å². The first-order valence-corrected chi connectivity index (χ1v) is 18.9. The Morgan fingerprint density at radius 2 is 1.87 bits per heavy atom. The molecule has 4 amide bonds. The summed E-state index contributed by atoms with van der Waals surface area (Å²) in [6, 6.07) is 12.3. The van der Waals surface area contributed by atoms with Gasteiger partial charge < -0.3 is 25.1 Å². The van der Waals surface area contributed by atoms with E-state index in [9.17, 15) is 24.3 Å². The second-order valence-electron chi connectivity index (χ2n) is 14.3. The zero-order chi connectivity index (χ0) is 37.1. The Balaban J connectivity index is 0.904. The average molecular weight is 738 g/mol. The summed E-state index contributed by atoms with van der Waals surface area (Å²) in [5.41, 5.74) is 4.82. The number of aliphatic hydroxyl groups is 1. The van der Waals surface area contributed by atoms with Gasteiger partial charge in [-0.05, 0) is 73.5 Å². The Hall–Kier alpha value is -4.83. The highest BCUT2D eigenvalue weighted by Crippen LogP contribution is 2.43. The summed E-state index contributed by atoms with van der Waals surface area (Å²) in [5, 5.41) is 16.9. The number of hydrogen-bond donors (Lipinski definition) is 3. The van der Waals surface area contributed by atoms with Crippen molar-refractivity contribution in [3.63, 3.8) is 0 Å². The van der Waals surface area contributed by atoms with Crippen molar-refractivity contribution in [2.45, 2.75) is 76.0 Å². The molecule has 1 aromatic heterocycles. The number of carbonyl (C=O) groups excluding carboxylic acids is 4. The highest BCUT2D eigenvalue weighted by molar-refractivity contribution is 6.30. The monoisotopic (exact) mass is 737 g/mol. The summed E-state index contributed by atoms with van der Waals surface area (Å²) in [5.74, 6) is 6.31. The number of halogens is 1. The largest absolute Gasteiger partial charge is 0.387 e. The van der Waals surface area contributed by atoms with Gasteiger partial charge in [-0.3, -0.25) is 24.5 Å². The number of amides is 4. The van der Waals surface area contributed by atoms with E-state index in [1.165, 1.54) is 6.33 Å². The fraction of sp³-hybridized carbons (Fsp3) is 0.450. The van der Waals surface area contributed by atoms with Gasteiger partial charge in [0, 0.05) is 73.8 Å². The average Bonchev–Trinajstić information content (AvgIpc) is 3.66. The molecule has 0 bridgehead atoms. The van der Waals surface area contributed by atoms with Gasteiger partial charge in [-0.25, -0.2) is 9.97 Å². The van der Waals surface area contributed by atoms with E-state index in [1.54, 1.807) is 11.0 Å². The molecular weight excluding hydrogens is 694 g/mol. The number of anilines is 1. The standard InChI is InChI=1S/C40H44ClN7O5/c1-25-21-33(49)36-35(25)37(44-24-43-36)46-17-19-47(20-18-46)39(52)30(27-10-12-28(41)13-11-27)22-42-16-5-3-2-4-7-26-8-6-9-29-31(26)23-48(40(29)53)32-14-15-34(50)45-38(32)51/h6,8-13,24-25,30,32-33,42,49H,2-3,5,14-23H2,1H3,(H,45,50,51)/t25-,30-,32?,33-/m1/s1. The number of nitrogens with zero attached hydrogens (tertiary/aromatic N) is 5. The highest BCUT2D eigenvalue weighted by Gasteiger charge is 2.40. The lowest BCUT2D eigenvalue weighted by atomic mass is 9.96. The molecule has 276 valence electrons. The first kappa shape index (κ1) is 36.5. The third-order valence-electron chi connectivity index (χ3n) is 10.8. The van der Waals surface area contributed by atoms with Crippen molar-refractivity contribution in [1.82, 2.24) is 30.4 Å². The fourth-order valence-electron chi connectivity index (χ4n) is 7.93. The number of fused-ring (bicyclic) bond motifs is 2.